The largest absolute Gasteiger partial charge is 0.493 e. The SMILES string of the molecule is COc1ccc(-c2cc(Cl)c3sc(C)cc3n2)cc1OC. The summed E-state index contributed by atoms with van der Waals surface area (Å²) in [5.74, 6) is 1.37. The predicted molar refractivity (Wildman–Crippen MR) is 87.9 cm³/mol. The van der Waals surface area contributed by atoms with E-state index in [1.54, 1.807) is 25.6 Å². The van der Waals surface area contributed by atoms with Gasteiger partial charge in [-0.3, -0.25) is 0 Å². The van der Waals surface area contributed by atoms with Crippen LogP contribution in [0.5, 0.6) is 11.5 Å². The smallest absolute Gasteiger partial charge is 0.161 e. The van der Waals surface area contributed by atoms with Crippen LogP contribution in [0.3, 0.4) is 0 Å². The Morgan fingerprint density at radius 2 is 1.81 bits per heavy atom. The summed E-state index contributed by atoms with van der Waals surface area (Å²) in [5.41, 5.74) is 2.70. The van der Waals surface area contributed by atoms with E-state index in [0.29, 0.717) is 11.5 Å². The van der Waals surface area contributed by atoms with Crippen molar-refractivity contribution in [2.45, 2.75) is 6.92 Å². The van der Waals surface area contributed by atoms with Crippen LogP contribution < -0.4 is 9.47 Å². The lowest BCUT2D eigenvalue weighted by atomic mass is 10.1. The normalized spacial score (nSPS) is 10.9. The summed E-state index contributed by atoms with van der Waals surface area (Å²) in [6, 6.07) is 9.66. The average molecular weight is 320 g/mol. The Labute approximate surface area is 132 Å². The van der Waals surface area contributed by atoms with E-state index in [2.05, 4.69) is 18.0 Å². The van der Waals surface area contributed by atoms with Gasteiger partial charge in [-0.05, 0) is 37.3 Å². The van der Waals surface area contributed by atoms with Crippen LogP contribution in [0, 0.1) is 6.92 Å². The Morgan fingerprint density at radius 3 is 2.52 bits per heavy atom. The van der Waals surface area contributed by atoms with Gasteiger partial charge in [0.2, 0.25) is 0 Å². The zero-order chi connectivity index (χ0) is 15.0. The maximum Gasteiger partial charge on any atom is 0.161 e. The summed E-state index contributed by atoms with van der Waals surface area (Å²) < 4.78 is 11.6. The Morgan fingerprint density at radius 1 is 1.05 bits per heavy atom. The lowest BCUT2D eigenvalue weighted by Crippen LogP contribution is -1.91. The topological polar surface area (TPSA) is 31.4 Å². The second kappa shape index (κ2) is 5.54. The van der Waals surface area contributed by atoms with Crippen molar-refractivity contribution in [3.05, 3.63) is 40.2 Å². The molecule has 0 aliphatic rings. The van der Waals surface area contributed by atoms with Gasteiger partial charge >= 0.3 is 0 Å². The molecule has 3 aromatic rings. The molecule has 108 valence electrons. The van der Waals surface area contributed by atoms with Crippen LogP contribution in [0.1, 0.15) is 4.88 Å². The number of methoxy groups -OCH3 is 2. The van der Waals surface area contributed by atoms with Crippen molar-refractivity contribution < 1.29 is 9.47 Å². The summed E-state index contributed by atoms with van der Waals surface area (Å²) in [5, 5.41) is 0.725. The molecule has 1 aromatic carbocycles. The number of ether oxygens (including phenoxy) is 2. The summed E-state index contributed by atoms with van der Waals surface area (Å²) in [6.45, 7) is 2.05. The molecule has 0 saturated heterocycles. The van der Waals surface area contributed by atoms with Crippen molar-refractivity contribution in [3.63, 3.8) is 0 Å². The van der Waals surface area contributed by atoms with Gasteiger partial charge in [0.1, 0.15) is 0 Å². The molecule has 0 bridgehead atoms. The minimum Gasteiger partial charge on any atom is -0.493 e. The van der Waals surface area contributed by atoms with Gasteiger partial charge < -0.3 is 9.47 Å². The number of hydrogen-bond donors (Lipinski definition) is 0. The minimum absolute atomic E-state index is 0.675. The highest BCUT2D eigenvalue weighted by Crippen LogP contribution is 2.36. The van der Waals surface area contributed by atoms with Gasteiger partial charge in [-0.1, -0.05) is 11.6 Å². The number of nitrogens with zero attached hydrogens (tertiary/aromatic N) is 1. The second-order valence-electron chi connectivity index (χ2n) is 4.63. The Kier molecular flexibility index (Phi) is 3.74. The third-order valence-corrected chi connectivity index (χ3v) is 4.72. The molecule has 0 N–H and O–H groups in total. The second-order valence-corrected chi connectivity index (χ2v) is 6.29. The van der Waals surface area contributed by atoms with E-state index in [4.69, 9.17) is 21.1 Å². The number of halogens is 1. The van der Waals surface area contributed by atoms with Crippen LogP contribution in [0.15, 0.2) is 30.3 Å². The molecule has 3 rings (SSSR count). The maximum absolute atomic E-state index is 6.37. The summed E-state index contributed by atoms with van der Waals surface area (Å²) in [4.78, 5) is 5.89. The first-order valence-corrected chi connectivity index (χ1v) is 7.61. The van der Waals surface area contributed by atoms with Crippen LogP contribution in [-0.2, 0) is 0 Å². The number of pyridine rings is 1. The fraction of sp³-hybridized carbons (Fsp3) is 0.188. The maximum atomic E-state index is 6.37. The van der Waals surface area contributed by atoms with Crippen LogP contribution in [0.25, 0.3) is 21.5 Å². The molecule has 2 heterocycles. The molecular weight excluding hydrogens is 306 g/mol. The minimum atomic E-state index is 0.675. The van der Waals surface area contributed by atoms with Crippen molar-refractivity contribution in [1.82, 2.24) is 4.98 Å². The molecule has 0 fully saturated rings. The number of aromatic nitrogens is 1. The van der Waals surface area contributed by atoms with Gasteiger partial charge in [0.25, 0.3) is 0 Å². The predicted octanol–water partition coefficient (Wildman–Crippen LogP) is 4.94. The number of benzene rings is 1. The summed E-state index contributed by atoms with van der Waals surface area (Å²) in [7, 11) is 3.24. The average Bonchev–Trinajstić information content (AvgIpc) is 2.87. The van der Waals surface area contributed by atoms with Crippen LogP contribution >= 0.6 is 22.9 Å². The third-order valence-electron chi connectivity index (χ3n) is 3.24. The number of thiophene rings is 1. The van der Waals surface area contributed by atoms with Crippen LogP contribution in [0.2, 0.25) is 5.02 Å². The molecule has 0 radical (unpaired) electrons. The van der Waals surface area contributed by atoms with Crippen molar-refractivity contribution in [3.8, 4) is 22.8 Å². The highest BCUT2D eigenvalue weighted by atomic mass is 35.5. The first-order chi connectivity index (χ1) is 10.1. The summed E-state index contributed by atoms with van der Waals surface area (Å²) >= 11 is 8.03. The number of aryl methyl sites for hydroxylation is 1. The lowest BCUT2D eigenvalue weighted by molar-refractivity contribution is 0.355. The van der Waals surface area contributed by atoms with Gasteiger partial charge in [-0.2, -0.15) is 0 Å². The lowest BCUT2D eigenvalue weighted by Gasteiger charge is -2.09. The van der Waals surface area contributed by atoms with E-state index >= 15 is 0 Å². The van der Waals surface area contributed by atoms with E-state index in [-0.39, 0.29) is 0 Å². The van der Waals surface area contributed by atoms with Crippen LogP contribution in [0.4, 0.5) is 0 Å². The summed E-state index contributed by atoms with van der Waals surface area (Å²) in [6.07, 6.45) is 0. The van der Waals surface area contributed by atoms with Gasteiger partial charge in [0.15, 0.2) is 11.5 Å². The highest BCUT2D eigenvalue weighted by molar-refractivity contribution is 7.19. The van der Waals surface area contributed by atoms with E-state index in [1.807, 2.05) is 24.3 Å². The molecule has 0 spiro atoms. The van der Waals surface area contributed by atoms with E-state index in [0.717, 1.165) is 26.5 Å². The zero-order valence-corrected chi connectivity index (χ0v) is 13.5. The first kappa shape index (κ1) is 14.2. The molecular formula is C16H14ClNO2S. The number of rotatable bonds is 3. The highest BCUT2D eigenvalue weighted by Gasteiger charge is 2.11. The van der Waals surface area contributed by atoms with Crippen molar-refractivity contribution in [1.29, 1.82) is 0 Å². The first-order valence-electron chi connectivity index (χ1n) is 6.41. The van der Waals surface area contributed by atoms with Gasteiger partial charge in [-0.15, -0.1) is 11.3 Å². The molecule has 0 amide bonds. The van der Waals surface area contributed by atoms with Crippen molar-refractivity contribution in [2.24, 2.45) is 0 Å². The number of hydrogen-bond acceptors (Lipinski definition) is 4. The van der Waals surface area contributed by atoms with E-state index in [1.165, 1.54) is 4.88 Å². The number of fused-ring (bicyclic) bond motifs is 1. The quantitative estimate of drug-likeness (QED) is 0.685. The molecule has 0 aliphatic carbocycles. The Hall–Kier alpha value is -1.78. The molecule has 0 saturated carbocycles. The molecule has 0 aliphatic heterocycles. The molecule has 2 aromatic heterocycles. The molecule has 3 nitrogen and oxygen atoms in total. The fourth-order valence-corrected chi connectivity index (χ4v) is 3.42. The van der Waals surface area contributed by atoms with Crippen molar-refractivity contribution in [2.75, 3.05) is 14.2 Å². The molecule has 21 heavy (non-hydrogen) atoms. The van der Waals surface area contributed by atoms with E-state index < -0.39 is 0 Å². The third kappa shape index (κ3) is 2.57. The van der Waals surface area contributed by atoms with Gasteiger partial charge in [0, 0.05) is 10.4 Å². The standard InChI is InChI=1S/C16H14ClNO2S/c1-9-6-13-16(21-9)11(17)8-12(18-13)10-4-5-14(19-2)15(7-10)20-3/h4-8H,1-3H3. The molecule has 0 atom stereocenters. The van der Waals surface area contributed by atoms with E-state index in [9.17, 15) is 0 Å². The van der Waals surface area contributed by atoms with Crippen LogP contribution in [-0.4, -0.2) is 19.2 Å². The van der Waals surface area contributed by atoms with Gasteiger partial charge in [-0.25, -0.2) is 4.98 Å². The monoisotopic (exact) mass is 319 g/mol. The van der Waals surface area contributed by atoms with Gasteiger partial charge in [0.05, 0.1) is 35.2 Å². The Balaban J connectivity index is 2.15. The fourth-order valence-electron chi connectivity index (χ4n) is 2.25. The Bertz CT molecular complexity index is 813. The zero-order valence-electron chi connectivity index (χ0n) is 11.9. The molecule has 5 heteroatoms. The van der Waals surface area contributed by atoms with Crippen molar-refractivity contribution >= 4 is 33.2 Å². The molecule has 0 unspecified atom stereocenters.